The van der Waals surface area contributed by atoms with Gasteiger partial charge in [-0.05, 0) is 98.2 Å². The average Bonchev–Trinajstić information content (AvgIpc) is 3.06. The van der Waals surface area contributed by atoms with Gasteiger partial charge in [0, 0.05) is 42.0 Å². The largest absolute Gasteiger partial charge is 0.490 e. The third kappa shape index (κ3) is 6.25. The van der Waals surface area contributed by atoms with Crippen LogP contribution in [0.15, 0.2) is 48.6 Å². The van der Waals surface area contributed by atoms with E-state index < -0.39 is 16.9 Å². The van der Waals surface area contributed by atoms with Crippen LogP contribution in [-0.2, 0) is 27.6 Å². The number of fused-ring (bicyclic) bond motifs is 3. The Morgan fingerprint density at radius 3 is 2.88 bits per heavy atom. The van der Waals surface area contributed by atoms with E-state index in [0.717, 1.165) is 74.5 Å². The molecule has 5 rings (SSSR count). The lowest BCUT2D eigenvalue weighted by Gasteiger charge is -2.46. The minimum Gasteiger partial charge on any atom is -0.490 e. The molecule has 1 aliphatic heterocycles. The van der Waals surface area contributed by atoms with E-state index in [4.69, 9.17) is 31.9 Å². The van der Waals surface area contributed by atoms with Crippen molar-refractivity contribution in [2.45, 2.75) is 56.5 Å². The second-order valence-corrected chi connectivity index (χ2v) is 13.1. The summed E-state index contributed by atoms with van der Waals surface area (Å²) >= 11 is 6.39. The number of aryl methyl sites for hydroxylation is 1. The number of amides is 1. The first-order valence-electron chi connectivity index (χ1n) is 14.2. The summed E-state index contributed by atoms with van der Waals surface area (Å²) in [4.78, 5) is 14.6. The number of carbonyl (C=O) groups excluding carboxylic acids is 1. The number of anilines is 1. The Kier molecular flexibility index (Phi) is 9.20. The molecule has 1 fully saturated rings. The summed E-state index contributed by atoms with van der Waals surface area (Å²) in [6, 6.07) is 11.8. The molecule has 0 bridgehead atoms. The van der Waals surface area contributed by atoms with Gasteiger partial charge in [0.15, 0.2) is 0 Å². The molecule has 7 nitrogen and oxygen atoms in total. The maximum atomic E-state index is 12.1. The molecule has 1 spiro atoms. The number of halogens is 1. The lowest BCUT2D eigenvalue weighted by molar-refractivity contribution is 0.0132. The number of nitrogens with two attached hydrogens (primary N) is 2. The maximum Gasteiger partial charge on any atom is 0.248 e. The van der Waals surface area contributed by atoms with Crippen molar-refractivity contribution < 1.29 is 18.5 Å². The number of nitrogens with zero attached hydrogens (tertiary/aromatic N) is 1. The number of ether oxygens (including phenoxy) is 2. The molecular weight excluding hydrogens is 546 g/mol. The number of carbonyl (C=O) groups is 1. The van der Waals surface area contributed by atoms with Crippen molar-refractivity contribution >= 4 is 34.2 Å². The second-order valence-electron chi connectivity index (χ2n) is 11.5. The van der Waals surface area contributed by atoms with E-state index in [1.165, 1.54) is 11.1 Å². The van der Waals surface area contributed by atoms with Gasteiger partial charge in [-0.2, -0.15) is 0 Å². The zero-order chi connectivity index (χ0) is 28.3. The molecule has 9 heteroatoms. The normalized spacial score (nSPS) is 25.4. The van der Waals surface area contributed by atoms with Crippen molar-refractivity contribution in [3.05, 3.63) is 70.3 Å². The summed E-state index contributed by atoms with van der Waals surface area (Å²) in [5.41, 5.74) is 9.55. The first-order valence-corrected chi connectivity index (χ1v) is 16.0. The Morgan fingerprint density at radius 2 is 2.15 bits per heavy atom. The van der Waals surface area contributed by atoms with Crippen molar-refractivity contribution in [2.24, 2.45) is 22.7 Å². The Morgan fingerprint density at radius 1 is 1.30 bits per heavy atom. The third-order valence-electron chi connectivity index (χ3n) is 8.99. The van der Waals surface area contributed by atoms with Crippen LogP contribution in [0.1, 0.15) is 60.0 Å². The molecule has 5 atom stereocenters. The van der Waals surface area contributed by atoms with Crippen LogP contribution in [0.2, 0.25) is 5.02 Å². The van der Waals surface area contributed by atoms with E-state index in [-0.39, 0.29) is 11.5 Å². The second kappa shape index (κ2) is 12.6. The van der Waals surface area contributed by atoms with Gasteiger partial charge in [-0.25, -0.2) is 4.21 Å². The minimum atomic E-state index is -1.25. The predicted octanol–water partition coefficient (Wildman–Crippen LogP) is 4.91. The molecule has 0 saturated heterocycles. The summed E-state index contributed by atoms with van der Waals surface area (Å²) in [7, 11) is 0.519. The van der Waals surface area contributed by atoms with Crippen LogP contribution >= 0.6 is 11.6 Å². The number of hydrogen-bond acceptors (Lipinski definition) is 5. The van der Waals surface area contributed by atoms with Gasteiger partial charge in [-0.1, -0.05) is 29.8 Å². The fourth-order valence-corrected chi connectivity index (χ4v) is 7.42. The Bertz CT molecular complexity index is 1290. The SMILES string of the molecule is CO[C@@H](/C=C/CCC[S@](N)=O)[C@@H]1CC[C@H]1CN1C[C@@]2(CCCc3cc(Cl)ccc32)COc2ccc(C(N)=O)cc21. The van der Waals surface area contributed by atoms with E-state index in [1.54, 1.807) is 13.2 Å². The van der Waals surface area contributed by atoms with Gasteiger partial charge < -0.3 is 20.1 Å². The molecule has 2 aliphatic carbocycles. The molecule has 0 radical (unpaired) electrons. The maximum absolute atomic E-state index is 12.1. The highest BCUT2D eigenvalue weighted by molar-refractivity contribution is 7.82. The summed E-state index contributed by atoms with van der Waals surface area (Å²) < 4.78 is 23.6. The monoisotopic (exact) mass is 585 g/mol. The van der Waals surface area contributed by atoms with Crippen molar-refractivity contribution in [3.8, 4) is 5.75 Å². The first kappa shape index (κ1) is 29.1. The number of primary amides is 1. The summed E-state index contributed by atoms with van der Waals surface area (Å²) in [6.07, 6.45) is 11.3. The van der Waals surface area contributed by atoms with Gasteiger partial charge >= 0.3 is 0 Å². The molecule has 2 aromatic rings. The van der Waals surface area contributed by atoms with Crippen LogP contribution in [0.25, 0.3) is 0 Å². The van der Waals surface area contributed by atoms with Crippen LogP contribution in [0.3, 0.4) is 0 Å². The summed E-state index contributed by atoms with van der Waals surface area (Å²) in [6.45, 7) is 2.21. The molecule has 1 amide bonds. The van der Waals surface area contributed by atoms with Crippen LogP contribution in [0.4, 0.5) is 5.69 Å². The number of rotatable bonds is 10. The van der Waals surface area contributed by atoms with E-state index in [9.17, 15) is 9.00 Å². The van der Waals surface area contributed by atoms with Crippen molar-refractivity contribution in [1.29, 1.82) is 0 Å². The Hall–Kier alpha value is -2.39. The highest BCUT2D eigenvalue weighted by Gasteiger charge is 2.44. The molecule has 3 aliphatic rings. The molecule has 2 aromatic carbocycles. The standard InChI is InChI=1S/C31H40ClN3O4S/c1-38-28(7-3-2-4-15-40(34)37)25-11-8-23(25)18-35-19-31(14-5-6-21-16-24(32)10-12-26(21)31)20-39-29-13-9-22(30(33)36)17-27(29)35/h3,7,9-10,12-13,16-17,23,25,28H,2,4-6,8,11,14-15,18-20,34H2,1H3,(H2,33,36)/b7-3+/t23-,25+,28-,31-,40+/m0/s1. The fraction of sp³-hybridized carbons (Fsp3) is 0.516. The molecular formula is C31H40ClN3O4S. The van der Waals surface area contributed by atoms with Crippen molar-refractivity contribution in [3.63, 3.8) is 0 Å². The highest BCUT2D eigenvalue weighted by atomic mass is 35.5. The van der Waals surface area contributed by atoms with Gasteiger partial charge in [0.25, 0.3) is 0 Å². The van der Waals surface area contributed by atoms with Crippen LogP contribution in [0, 0.1) is 11.8 Å². The number of benzene rings is 2. The topological polar surface area (TPSA) is 108 Å². The average molecular weight is 586 g/mol. The lowest BCUT2D eigenvalue weighted by Crippen LogP contribution is -2.49. The molecule has 0 unspecified atom stereocenters. The van der Waals surface area contributed by atoms with E-state index in [1.807, 2.05) is 18.2 Å². The van der Waals surface area contributed by atoms with Crippen molar-refractivity contribution in [1.82, 2.24) is 0 Å². The zero-order valence-corrected chi connectivity index (χ0v) is 24.7. The number of methoxy groups -OCH3 is 1. The molecule has 1 saturated carbocycles. The fourth-order valence-electron chi connectivity index (χ4n) is 6.77. The predicted molar refractivity (Wildman–Crippen MR) is 161 cm³/mol. The first-order chi connectivity index (χ1) is 19.3. The molecule has 40 heavy (non-hydrogen) atoms. The zero-order valence-electron chi connectivity index (χ0n) is 23.2. The van der Waals surface area contributed by atoms with Gasteiger partial charge in [-0.3, -0.25) is 9.93 Å². The van der Waals surface area contributed by atoms with Crippen LogP contribution < -0.4 is 20.5 Å². The van der Waals surface area contributed by atoms with Gasteiger partial charge in [0.1, 0.15) is 5.75 Å². The van der Waals surface area contributed by atoms with Crippen molar-refractivity contribution in [2.75, 3.05) is 37.5 Å². The molecule has 1 heterocycles. The van der Waals surface area contributed by atoms with Gasteiger partial charge in [0.2, 0.25) is 5.91 Å². The molecule has 0 aromatic heterocycles. The Labute approximate surface area is 244 Å². The highest BCUT2D eigenvalue weighted by Crippen LogP contribution is 2.46. The lowest BCUT2D eigenvalue weighted by atomic mass is 9.68. The minimum absolute atomic E-state index is 0.0216. The quantitative estimate of drug-likeness (QED) is 0.304. The molecule has 216 valence electrons. The van der Waals surface area contributed by atoms with Crippen LogP contribution in [0.5, 0.6) is 5.75 Å². The number of unbranched alkanes of at least 4 members (excludes halogenated alkanes) is 1. The number of hydrogen-bond donors (Lipinski definition) is 2. The van der Waals surface area contributed by atoms with Gasteiger partial charge in [-0.15, -0.1) is 0 Å². The van der Waals surface area contributed by atoms with E-state index in [0.29, 0.717) is 29.8 Å². The summed E-state index contributed by atoms with van der Waals surface area (Å²) in [5, 5.41) is 6.15. The smallest absolute Gasteiger partial charge is 0.248 e. The molecule has 4 N–H and O–H groups in total. The van der Waals surface area contributed by atoms with E-state index in [2.05, 4.69) is 29.2 Å². The summed E-state index contributed by atoms with van der Waals surface area (Å²) in [5.74, 6) is 1.68. The van der Waals surface area contributed by atoms with Gasteiger partial charge in [0.05, 0.1) is 29.4 Å². The number of allylic oxidation sites excluding steroid dienone is 1. The third-order valence-corrected chi connectivity index (χ3v) is 9.92. The Balaban J connectivity index is 1.41. The van der Waals surface area contributed by atoms with E-state index >= 15 is 0 Å². The van der Waals surface area contributed by atoms with Crippen LogP contribution in [-0.4, -0.2) is 48.8 Å².